The number of rotatable bonds is 7. The highest BCUT2D eigenvalue weighted by atomic mass is 32.2. The molecule has 2 aliphatic rings. The van der Waals surface area contributed by atoms with Crippen molar-refractivity contribution in [3.63, 3.8) is 0 Å². The van der Waals surface area contributed by atoms with Gasteiger partial charge in [-0.1, -0.05) is 0 Å². The molecular weight excluding hydrogens is 402 g/mol. The van der Waals surface area contributed by atoms with Crippen LogP contribution in [-0.2, 0) is 14.9 Å². The first-order chi connectivity index (χ1) is 12.6. The maximum atomic E-state index is 11.6. The molecule has 27 heavy (non-hydrogen) atoms. The Kier molecular flexibility index (Phi) is 5.18. The van der Waals surface area contributed by atoms with Gasteiger partial charge in [-0.3, -0.25) is 9.12 Å². The minimum Gasteiger partial charge on any atom is -0.494 e. The van der Waals surface area contributed by atoms with Crippen molar-refractivity contribution in [3.05, 3.63) is 6.07 Å². The molecule has 0 aliphatic carbocycles. The third-order valence-electron chi connectivity index (χ3n) is 4.73. The van der Waals surface area contributed by atoms with Gasteiger partial charge in [0.2, 0.25) is 5.88 Å². The topological polar surface area (TPSA) is 178 Å². The first kappa shape index (κ1) is 19.6. The van der Waals surface area contributed by atoms with Crippen LogP contribution in [0.5, 0.6) is 11.8 Å². The number of carbonyl (C=O) groups excluding carboxylic acids is 1. The van der Waals surface area contributed by atoms with Crippen LogP contribution in [0.2, 0.25) is 0 Å². The fourth-order valence-electron chi connectivity index (χ4n) is 3.49. The molecular formula is C14H19N3O8S2. The summed E-state index contributed by atoms with van der Waals surface area (Å²) in [4.78, 5) is 22.0. The number of aromatic hydroxyl groups is 2. The van der Waals surface area contributed by atoms with E-state index >= 15 is 0 Å². The predicted molar refractivity (Wildman–Crippen MR) is 93.6 cm³/mol. The van der Waals surface area contributed by atoms with Crippen LogP contribution in [0.3, 0.4) is 0 Å². The summed E-state index contributed by atoms with van der Waals surface area (Å²) in [5.41, 5.74) is 0. The number of nitrogens with zero attached hydrogens (tertiary/aromatic N) is 1. The van der Waals surface area contributed by atoms with E-state index < -0.39 is 38.8 Å². The van der Waals surface area contributed by atoms with Gasteiger partial charge >= 0.3 is 12.0 Å². The van der Waals surface area contributed by atoms with Crippen molar-refractivity contribution >= 4 is 33.9 Å². The molecule has 4 atom stereocenters. The number of aliphatic carboxylic acids is 1. The van der Waals surface area contributed by atoms with E-state index in [1.165, 1.54) is 0 Å². The Hall–Kier alpha value is -2.12. The van der Waals surface area contributed by atoms with Crippen molar-refractivity contribution in [3.8, 4) is 11.8 Å². The standard InChI is InChI=1S/C14H19N3O8S2/c18-10-4-9(27(23,24)25)12(19)17(10)7(13(20)21)2-1-3-8-11-6(5-26-8)15-14(22)16-11/h4,6-8,11,18-19H,1-3,5H2,(H,20,21)(H2,15,16,22)(H,23,24,25)/t6-,7?,8-,11-/m0/s1. The summed E-state index contributed by atoms with van der Waals surface area (Å²) in [5, 5.41) is 35.0. The molecule has 150 valence electrons. The molecule has 2 fully saturated rings. The van der Waals surface area contributed by atoms with E-state index in [4.69, 9.17) is 4.55 Å². The van der Waals surface area contributed by atoms with E-state index in [9.17, 15) is 33.3 Å². The number of urea groups is 1. The maximum Gasteiger partial charge on any atom is 0.326 e. The molecule has 6 N–H and O–H groups in total. The number of hydrogen-bond acceptors (Lipinski definition) is 7. The molecule has 0 bridgehead atoms. The quantitative estimate of drug-likeness (QED) is 0.263. The Morgan fingerprint density at radius 3 is 2.67 bits per heavy atom. The van der Waals surface area contributed by atoms with E-state index in [0.717, 1.165) is 5.75 Å². The van der Waals surface area contributed by atoms with E-state index in [0.29, 0.717) is 23.5 Å². The highest BCUT2D eigenvalue weighted by Crippen LogP contribution is 2.38. The van der Waals surface area contributed by atoms with Crippen LogP contribution in [0, 0.1) is 0 Å². The average Bonchev–Trinajstić information content (AvgIpc) is 3.17. The smallest absolute Gasteiger partial charge is 0.326 e. The zero-order chi connectivity index (χ0) is 19.9. The van der Waals surface area contributed by atoms with Gasteiger partial charge in [-0.2, -0.15) is 20.2 Å². The number of carboxylic acid groups (broad SMARTS) is 1. The first-order valence-corrected chi connectivity index (χ1v) is 10.6. The van der Waals surface area contributed by atoms with Crippen LogP contribution in [-0.4, -0.2) is 67.9 Å². The molecule has 1 aromatic heterocycles. The Balaban J connectivity index is 1.70. The van der Waals surface area contributed by atoms with Crippen LogP contribution in [0.25, 0.3) is 0 Å². The van der Waals surface area contributed by atoms with Gasteiger partial charge in [0.15, 0.2) is 10.8 Å². The number of fused-ring (bicyclic) bond motifs is 1. The van der Waals surface area contributed by atoms with Crippen LogP contribution >= 0.6 is 11.8 Å². The van der Waals surface area contributed by atoms with Gasteiger partial charge in [0.25, 0.3) is 10.1 Å². The van der Waals surface area contributed by atoms with Gasteiger partial charge < -0.3 is 26.0 Å². The lowest BCUT2D eigenvalue weighted by molar-refractivity contribution is -0.141. The van der Waals surface area contributed by atoms with Crippen molar-refractivity contribution < 1.29 is 37.9 Å². The molecule has 1 unspecified atom stereocenters. The minimum atomic E-state index is -4.82. The summed E-state index contributed by atoms with van der Waals surface area (Å²) in [6.45, 7) is 0. The zero-order valence-corrected chi connectivity index (χ0v) is 15.5. The molecule has 2 aliphatic heterocycles. The molecule has 13 heteroatoms. The number of amides is 2. The highest BCUT2D eigenvalue weighted by Gasteiger charge is 2.42. The van der Waals surface area contributed by atoms with Gasteiger partial charge in [-0.15, -0.1) is 0 Å². The normalized spacial score (nSPS) is 25.7. The molecule has 1 aromatic rings. The highest BCUT2D eigenvalue weighted by molar-refractivity contribution is 8.00. The second-order valence-corrected chi connectivity index (χ2v) is 9.10. The lowest BCUT2D eigenvalue weighted by Gasteiger charge is -2.19. The third kappa shape index (κ3) is 3.80. The summed E-state index contributed by atoms with van der Waals surface area (Å²) >= 11 is 1.66. The van der Waals surface area contributed by atoms with Crippen LogP contribution in [0.1, 0.15) is 25.3 Å². The number of carboxylic acids is 1. The molecule has 0 spiro atoms. The molecule has 2 saturated heterocycles. The van der Waals surface area contributed by atoms with Crippen molar-refractivity contribution in [1.82, 2.24) is 15.2 Å². The first-order valence-electron chi connectivity index (χ1n) is 8.11. The molecule has 0 saturated carbocycles. The van der Waals surface area contributed by atoms with Crippen molar-refractivity contribution in [1.29, 1.82) is 0 Å². The summed E-state index contributed by atoms with van der Waals surface area (Å²) in [6.07, 6.45) is 0.989. The number of aromatic nitrogens is 1. The Bertz CT molecular complexity index is 868. The Morgan fingerprint density at radius 1 is 1.37 bits per heavy atom. The van der Waals surface area contributed by atoms with Crippen LogP contribution < -0.4 is 10.6 Å². The molecule has 3 rings (SSSR count). The summed E-state index contributed by atoms with van der Waals surface area (Å²) in [5.74, 6) is -2.43. The number of nitrogens with one attached hydrogen (secondary N) is 2. The monoisotopic (exact) mass is 421 g/mol. The van der Waals surface area contributed by atoms with Gasteiger partial charge in [0.1, 0.15) is 6.04 Å². The number of thioether (sulfide) groups is 1. The Morgan fingerprint density at radius 2 is 2.07 bits per heavy atom. The number of hydrogen-bond donors (Lipinski definition) is 6. The SMILES string of the molecule is O=C1N[C@H]2[C@H](CS[C@H]2CCCC(C(=O)O)n2c(O)cc(S(=O)(=O)O)c2O)N1. The maximum absolute atomic E-state index is 11.6. The van der Waals surface area contributed by atoms with E-state index in [2.05, 4.69) is 10.6 Å². The van der Waals surface area contributed by atoms with Crippen molar-refractivity contribution in [2.24, 2.45) is 0 Å². The second-order valence-electron chi connectivity index (χ2n) is 6.44. The van der Waals surface area contributed by atoms with Gasteiger partial charge in [0.05, 0.1) is 12.1 Å². The van der Waals surface area contributed by atoms with Gasteiger partial charge in [0, 0.05) is 17.1 Å². The molecule has 2 amide bonds. The summed E-state index contributed by atoms with van der Waals surface area (Å²) in [6, 6.07) is -1.04. The molecule has 0 aromatic carbocycles. The van der Waals surface area contributed by atoms with E-state index in [-0.39, 0.29) is 29.8 Å². The predicted octanol–water partition coefficient (Wildman–Crippen LogP) is 0.107. The second kappa shape index (κ2) is 7.13. The van der Waals surface area contributed by atoms with Crippen LogP contribution in [0.15, 0.2) is 11.0 Å². The van der Waals surface area contributed by atoms with Crippen LogP contribution in [0.4, 0.5) is 4.79 Å². The van der Waals surface area contributed by atoms with Crippen molar-refractivity contribution in [2.45, 2.75) is 47.5 Å². The zero-order valence-electron chi connectivity index (χ0n) is 13.9. The summed E-state index contributed by atoms with van der Waals surface area (Å²) in [7, 11) is -4.82. The minimum absolute atomic E-state index is 0.00582. The van der Waals surface area contributed by atoms with Crippen molar-refractivity contribution in [2.75, 3.05) is 5.75 Å². The number of carbonyl (C=O) groups is 2. The molecule has 3 heterocycles. The fraction of sp³-hybridized carbons (Fsp3) is 0.571. The summed E-state index contributed by atoms with van der Waals surface area (Å²) < 4.78 is 32.0. The fourth-order valence-corrected chi connectivity index (χ4v) is 5.62. The van der Waals surface area contributed by atoms with Gasteiger partial charge in [-0.25, -0.2) is 9.59 Å². The molecule has 0 radical (unpaired) electrons. The Labute approximate surface area is 158 Å². The lowest BCUT2D eigenvalue weighted by Crippen LogP contribution is -2.36. The van der Waals surface area contributed by atoms with E-state index in [1.54, 1.807) is 11.8 Å². The average molecular weight is 421 g/mol. The third-order valence-corrected chi connectivity index (χ3v) is 7.10. The van der Waals surface area contributed by atoms with Gasteiger partial charge in [-0.05, 0) is 19.3 Å². The van der Waals surface area contributed by atoms with E-state index in [1.807, 2.05) is 0 Å². The lowest BCUT2D eigenvalue weighted by atomic mass is 10.0. The largest absolute Gasteiger partial charge is 0.494 e. The molecule has 11 nitrogen and oxygen atoms in total.